The first-order chi connectivity index (χ1) is 14.7. The first-order valence-corrected chi connectivity index (χ1v) is 9.48. The lowest BCUT2D eigenvalue weighted by Crippen LogP contribution is -2.48. The lowest BCUT2D eigenvalue weighted by Gasteiger charge is -2.33. The lowest BCUT2D eigenvalue weighted by molar-refractivity contribution is -0.145. The molecule has 1 atom stereocenters. The number of carbonyl (C=O) groups is 1. The summed E-state index contributed by atoms with van der Waals surface area (Å²) in [5.41, 5.74) is 2.54. The molecular formula is C19H19F3N6O3. The van der Waals surface area contributed by atoms with Gasteiger partial charge in [-0.15, -0.1) is 0 Å². The average molecular weight is 436 g/mol. The van der Waals surface area contributed by atoms with E-state index in [2.05, 4.69) is 20.1 Å². The molecule has 4 rings (SSSR count). The summed E-state index contributed by atoms with van der Waals surface area (Å²) in [6, 6.07) is 3.05. The average Bonchev–Trinajstić information content (AvgIpc) is 3.13. The van der Waals surface area contributed by atoms with Crippen molar-refractivity contribution in [1.82, 2.24) is 29.5 Å². The van der Waals surface area contributed by atoms with Crippen molar-refractivity contribution in [2.45, 2.75) is 26.1 Å². The van der Waals surface area contributed by atoms with Crippen LogP contribution >= 0.6 is 0 Å². The van der Waals surface area contributed by atoms with Crippen LogP contribution in [0.25, 0.3) is 5.65 Å². The van der Waals surface area contributed by atoms with Crippen LogP contribution in [0.5, 0.6) is 5.88 Å². The summed E-state index contributed by atoms with van der Waals surface area (Å²) in [4.78, 5) is 25.5. The van der Waals surface area contributed by atoms with E-state index in [1.54, 1.807) is 16.3 Å². The zero-order valence-corrected chi connectivity index (χ0v) is 16.8. The van der Waals surface area contributed by atoms with Crippen LogP contribution in [0.15, 0.2) is 24.5 Å². The fourth-order valence-corrected chi connectivity index (χ4v) is 3.29. The summed E-state index contributed by atoms with van der Waals surface area (Å²) in [6.07, 6.45) is -2.68. The highest BCUT2D eigenvalue weighted by Crippen LogP contribution is 2.26. The number of nitrogens with zero attached hydrogens (tertiary/aromatic N) is 6. The van der Waals surface area contributed by atoms with Gasteiger partial charge in [-0.2, -0.15) is 23.3 Å². The van der Waals surface area contributed by atoms with Gasteiger partial charge in [0, 0.05) is 31.1 Å². The number of ether oxygens (including phenoxy) is 2. The highest BCUT2D eigenvalue weighted by molar-refractivity contribution is 5.95. The normalized spacial score (nSPS) is 17.2. The number of alkyl halides is 3. The first kappa shape index (κ1) is 21.0. The molecule has 9 nitrogen and oxygen atoms in total. The van der Waals surface area contributed by atoms with E-state index in [1.165, 1.54) is 12.3 Å². The van der Waals surface area contributed by atoms with Crippen molar-refractivity contribution in [3.05, 3.63) is 47.3 Å². The van der Waals surface area contributed by atoms with Gasteiger partial charge in [-0.25, -0.2) is 14.5 Å². The predicted molar refractivity (Wildman–Crippen MR) is 101 cm³/mol. The minimum absolute atomic E-state index is 0.0628. The zero-order valence-electron chi connectivity index (χ0n) is 16.8. The van der Waals surface area contributed by atoms with Crippen LogP contribution < -0.4 is 4.74 Å². The Morgan fingerprint density at radius 1 is 1.32 bits per heavy atom. The van der Waals surface area contributed by atoms with Crippen LogP contribution in [-0.2, 0) is 10.9 Å². The van der Waals surface area contributed by atoms with Gasteiger partial charge in [0.25, 0.3) is 5.91 Å². The van der Waals surface area contributed by atoms with E-state index in [0.717, 1.165) is 11.9 Å². The molecule has 0 bridgehead atoms. The molecule has 1 unspecified atom stereocenters. The quantitative estimate of drug-likeness (QED) is 0.618. The number of amides is 1. The van der Waals surface area contributed by atoms with Crippen molar-refractivity contribution in [1.29, 1.82) is 0 Å². The Morgan fingerprint density at radius 3 is 2.90 bits per heavy atom. The molecule has 1 saturated heterocycles. The van der Waals surface area contributed by atoms with E-state index in [-0.39, 0.29) is 31.5 Å². The van der Waals surface area contributed by atoms with Gasteiger partial charge < -0.3 is 14.4 Å². The van der Waals surface area contributed by atoms with E-state index in [0.29, 0.717) is 23.4 Å². The number of halogens is 3. The molecule has 1 aliphatic rings. The maximum absolute atomic E-state index is 13.0. The third-order valence-corrected chi connectivity index (χ3v) is 4.80. The number of rotatable bonds is 4. The molecule has 4 heterocycles. The Kier molecular flexibility index (Phi) is 5.48. The maximum Gasteiger partial charge on any atom is 0.451 e. The minimum atomic E-state index is -4.66. The zero-order chi connectivity index (χ0) is 22.2. The molecule has 0 radical (unpaired) electrons. The van der Waals surface area contributed by atoms with Gasteiger partial charge in [-0.05, 0) is 13.8 Å². The Bertz CT molecular complexity index is 1120. The molecule has 0 aromatic carbocycles. The Balaban J connectivity index is 1.43. The monoisotopic (exact) mass is 436 g/mol. The highest BCUT2D eigenvalue weighted by atomic mass is 19.4. The van der Waals surface area contributed by atoms with Crippen molar-refractivity contribution in [2.75, 3.05) is 26.3 Å². The van der Waals surface area contributed by atoms with Crippen LogP contribution in [0.4, 0.5) is 13.2 Å². The van der Waals surface area contributed by atoms with Crippen LogP contribution in [0.3, 0.4) is 0 Å². The van der Waals surface area contributed by atoms with Crippen LogP contribution in [-0.4, -0.2) is 67.8 Å². The molecule has 1 aliphatic heterocycles. The molecule has 0 N–H and O–H groups in total. The summed E-state index contributed by atoms with van der Waals surface area (Å²) in [7, 11) is 0. The summed E-state index contributed by atoms with van der Waals surface area (Å²) in [5.74, 6) is -1.72. The van der Waals surface area contributed by atoms with Gasteiger partial charge in [-0.1, -0.05) is 0 Å². The Labute approximate surface area is 174 Å². The maximum atomic E-state index is 13.0. The number of aryl methyl sites for hydroxylation is 2. The molecule has 0 saturated carbocycles. The van der Waals surface area contributed by atoms with Crippen molar-refractivity contribution >= 4 is 11.6 Å². The second-order valence-corrected chi connectivity index (χ2v) is 7.08. The molecule has 1 amide bonds. The third-order valence-electron chi connectivity index (χ3n) is 4.80. The third kappa shape index (κ3) is 4.43. The van der Waals surface area contributed by atoms with Gasteiger partial charge in [0.2, 0.25) is 11.7 Å². The van der Waals surface area contributed by atoms with E-state index >= 15 is 0 Å². The molecule has 164 valence electrons. The van der Waals surface area contributed by atoms with Gasteiger partial charge in [0.1, 0.15) is 12.7 Å². The molecule has 3 aromatic rings. The van der Waals surface area contributed by atoms with Gasteiger partial charge in [-0.3, -0.25) is 4.79 Å². The van der Waals surface area contributed by atoms with E-state index < -0.39 is 18.1 Å². The molecular weight excluding hydrogens is 417 g/mol. The predicted octanol–water partition coefficient (Wildman–Crippen LogP) is 2.07. The number of aromatic nitrogens is 5. The minimum Gasteiger partial charge on any atom is -0.475 e. The lowest BCUT2D eigenvalue weighted by atomic mass is 10.2. The number of hydrogen-bond acceptors (Lipinski definition) is 7. The fourth-order valence-electron chi connectivity index (χ4n) is 3.29. The smallest absolute Gasteiger partial charge is 0.451 e. The highest BCUT2D eigenvalue weighted by Gasteiger charge is 2.35. The standard InChI is InChI=1S/C19H19F3N6O3/c1-11-7-15-24-8-14(12(2)28(15)26-11)17(29)27-5-6-30-13(9-27)10-31-16-3-4-23-18(25-16)19(20,21)22/h3-4,7-8,13H,5-6,9-10H2,1-2H3. The summed E-state index contributed by atoms with van der Waals surface area (Å²) < 4.78 is 50.8. The largest absolute Gasteiger partial charge is 0.475 e. The van der Waals surface area contributed by atoms with E-state index in [9.17, 15) is 18.0 Å². The molecule has 3 aromatic heterocycles. The number of morpholine rings is 1. The van der Waals surface area contributed by atoms with Crippen LogP contribution in [0.2, 0.25) is 0 Å². The van der Waals surface area contributed by atoms with Gasteiger partial charge in [0.05, 0.1) is 30.1 Å². The number of carbonyl (C=O) groups excluding carboxylic acids is 1. The van der Waals surface area contributed by atoms with Crippen molar-refractivity contribution in [2.24, 2.45) is 0 Å². The Morgan fingerprint density at radius 2 is 2.13 bits per heavy atom. The number of hydrogen-bond donors (Lipinski definition) is 0. The molecule has 31 heavy (non-hydrogen) atoms. The summed E-state index contributed by atoms with van der Waals surface area (Å²) >= 11 is 0. The second kappa shape index (κ2) is 8.10. The molecule has 0 aliphatic carbocycles. The van der Waals surface area contributed by atoms with Crippen LogP contribution in [0, 0.1) is 13.8 Å². The van der Waals surface area contributed by atoms with Gasteiger partial charge >= 0.3 is 6.18 Å². The topological polar surface area (TPSA) is 94.7 Å². The van der Waals surface area contributed by atoms with E-state index in [1.807, 2.05) is 13.0 Å². The van der Waals surface area contributed by atoms with Crippen molar-refractivity contribution in [3.8, 4) is 5.88 Å². The Hall–Kier alpha value is -3.28. The van der Waals surface area contributed by atoms with Crippen LogP contribution in [0.1, 0.15) is 27.6 Å². The summed E-state index contributed by atoms with van der Waals surface area (Å²) in [6.45, 7) is 4.43. The SMILES string of the molecule is Cc1cc2ncc(C(=O)N3CCOC(COc4ccnc(C(F)(F)F)n4)C3)c(C)n2n1. The molecule has 12 heteroatoms. The second-order valence-electron chi connectivity index (χ2n) is 7.08. The number of fused-ring (bicyclic) bond motifs is 1. The van der Waals surface area contributed by atoms with E-state index in [4.69, 9.17) is 9.47 Å². The summed E-state index contributed by atoms with van der Waals surface area (Å²) in [5, 5.41) is 4.35. The van der Waals surface area contributed by atoms with Crippen molar-refractivity contribution < 1.29 is 27.4 Å². The molecule has 0 spiro atoms. The fraction of sp³-hybridized carbons (Fsp3) is 0.421. The molecule has 1 fully saturated rings. The first-order valence-electron chi connectivity index (χ1n) is 9.48. The van der Waals surface area contributed by atoms with Gasteiger partial charge in [0.15, 0.2) is 5.65 Å². The van der Waals surface area contributed by atoms with Crippen molar-refractivity contribution in [3.63, 3.8) is 0 Å².